The molecule has 3 rings (SSSR count). The number of amides is 1. The van der Waals surface area contributed by atoms with E-state index in [-0.39, 0.29) is 11.7 Å². The normalized spacial score (nSPS) is 10.8. The van der Waals surface area contributed by atoms with Gasteiger partial charge in [0.05, 0.1) is 0 Å². The summed E-state index contributed by atoms with van der Waals surface area (Å²) < 4.78 is 13.3. The number of carbonyl (C=O) groups is 1. The van der Waals surface area contributed by atoms with Gasteiger partial charge in [-0.25, -0.2) is 4.39 Å². The number of hydrogen-bond acceptors (Lipinski definition) is 2. The van der Waals surface area contributed by atoms with Crippen molar-refractivity contribution in [3.63, 3.8) is 0 Å². The second-order valence-corrected chi connectivity index (χ2v) is 5.00. The van der Waals surface area contributed by atoms with Gasteiger partial charge in [0.1, 0.15) is 11.5 Å². The Bertz CT molecular complexity index is 818. The number of anilines is 2. The van der Waals surface area contributed by atoms with Crippen molar-refractivity contribution in [2.75, 3.05) is 11.1 Å². The van der Waals surface area contributed by atoms with Gasteiger partial charge in [-0.1, -0.05) is 0 Å². The number of nitrogen functional groups attached to an aromatic ring is 1. The van der Waals surface area contributed by atoms with Gasteiger partial charge in [0.2, 0.25) is 0 Å². The summed E-state index contributed by atoms with van der Waals surface area (Å²) in [5.74, 6) is -0.704. The second kappa shape index (κ2) is 4.94. The van der Waals surface area contributed by atoms with Crippen LogP contribution >= 0.6 is 0 Å². The van der Waals surface area contributed by atoms with Crippen LogP contribution < -0.4 is 11.1 Å². The van der Waals surface area contributed by atoms with Crippen LogP contribution in [0.4, 0.5) is 15.8 Å². The molecule has 0 bridgehead atoms. The van der Waals surface area contributed by atoms with Crippen molar-refractivity contribution in [2.45, 2.75) is 6.92 Å². The lowest BCUT2D eigenvalue weighted by Gasteiger charge is -2.05. The van der Waals surface area contributed by atoms with Crippen molar-refractivity contribution in [1.29, 1.82) is 0 Å². The molecule has 0 aliphatic rings. The number of rotatable bonds is 2. The number of aryl methyl sites for hydroxylation is 1. The van der Waals surface area contributed by atoms with Gasteiger partial charge < -0.3 is 16.0 Å². The van der Waals surface area contributed by atoms with E-state index >= 15 is 0 Å². The van der Waals surface area contributed by atoms with E-state index in [9.17, 15) is 9.18 Å². The van der Waals surface area contributed by atoms with Crippen LogP contribution in [0.5, 0.6) is 0 Å². The second-order valence-electron chi connectivity index (χ2n) is 5.00. The van der Waals surface area contributed by atoms with E-state index in [1.165, 1.54) is 12.1 Å². The summed E-state index contributed by atoms with van der Waals surface area (Å²) in [5.41, 5.74) is 8.74. The van der Waals surface area contributed by atoms with Crippen molar-refractivity contribution in [3.8, 4) is 0 Å². The highest BCUT2D eigenvalue weighted by Crippen LogP contribution is 2.20. The fraction of sp³-hybridized carbons (Fsp3) is 0.0625. The van der Waals surface area contributed by atoms with Crippen LogP contribution in [0.25, 0.3) is 10.9 Å². The maximum absolute atomic E-state index is 13.3. The number of hydrogen-bond donors (Lipinski definition) is 3. The molecule has 0 saturated heterocycles. The lowest BCUT2D eigenvalue weighted by atomic mass is 10.2. The minimum Gasteiger partial charge on any atom is -0.399 e. The minimum absolute atomic E-state index is 0.324. The third-order valence-electron chi connectivity index (χ3n) is 3.19. The summed E-state index contributed by atoms with van der Waals surface area (Å²) in [7, 11) is 0. The van der Waals surface area contributed by atoms with Crippen LogP contribution in [0.15, 0.2) is 42.5 Å². The number of carbonyl (C=O) groups excluding carboxylic acids is 1. The average Bonchev–Trinajstić information content (AvgIpc) is 2.80. The molecule has 3 aromatic rings. The SMILES string of the molecule is Cc1cc(F)cc(NC(=O)c2cc3cc(N)ccc3[nH]2)c1. The van der Waals surface area contributed by atoms with Crippen LogP contribution in [-0.2, 0) is 0 Å². The highest BCUT2D eigenvalue weighted by molar-refractivity contribution is 6.06. The molecular weight excluding hydrogens is 269 g/mol. The Kier molecular flexibility index (Phi) is 3.10. The third kappa shape index (κ3) is 2.72. The minimum atomic E-state index is -0.380. The van der Waals surface area contributed by atoms with Crippen LogP contribution in [0.1, 0.15) is 16.1 Å². The predicted molar refractivity (Wildman–Crippen MR) is 81.8 cm³/mol. The molecule has 1 heterocycles. The quantitative estimate of drug-likeness (QED) is 0.630. The lowest BCUT2D eigenvalue weighted by molar-refractivity contribution is 0.102. The van der Waals surface area contributed by atoms with E-state index < -0.39 is 0 Å². The fourth-order valence-electron chi connectivity index (χ4n) is 2.28. The van der Waals surface area contributed by atoms with Gasteiger partial charge in [-0.05, 0) is 55.0 Å². The van der Waals surface area contributed by atoms with Crippen LogP contribution in [0.3, 0.4) is 0 Å². The molecule has 1 aromatic heterocycles. The monoisotopic (exact) mass is 283 g/mol. The van der Waals surface area contributed by atoms with E-state index in [1.54, 1.807) is 31.2 Å². The van der Waals surface area contributed by atoms with Crippen LogP contribution in [-0.4, -0.2) is 10.9 Å². The first-order valence-corrected chi connectivity index (χ1v) is 6.48. The molecule has 0 radical (unpaired) electrons. The number of halogens is 1. The molecule has 1 amide bonds. The number of aromatic amines is 1. The molecule has 0 atom stereocenters. The summed E-state index contributed by atoms with van der Waals surface area (Å²) >= 11 is 0. The zero-order valence-corrected chi connectivity index (χ0v) is 11.4. The van der Waals surface area contributed by atoms with Crippen molar-refractivity contribution in [2.24, 2.45) is 0 Å². The van der Waals surface area contributed by atoms with E-state index in [4.69, 9.17) is 5.73 Å². The molecular formula is C16H14FN3O. The molecule has 0 aliphatic heterocycles. The highest BCUT2D eigenvalue weighted by atomic mass is 19.1. The number of fused-ring (bicyclic) bond motifs is 1. The average molecular weight is 283 g/mol. The maximum Gasteiger partial charge on any atom is 0.272 e. The Morgan fingerprint density at radius 2 is 2.00 bits per heavy atom. The van der Waals surface area contributed by atoms with Gasteiger partial charge in [-0.3, -0.25) is 4.79 Å². The molecule has 0 saturated carbocycles. The Morgan fingerprint density at radius 3 is 2.76 bits per heavy atom. The number of H-pyrrole nitrogens is 1. The van der Waals surface area contributed by atoms with Crippen LogP contribution in [0, 0.1) is 12.7 Å². The van der Waals surface area contributed by atoms with Gasteiger partial charge in [0.25, 0.3) is 5.91 Å². The summed E-state index contributed by atoms with van der Waals surface area (Å²) in [6, 6.07) is 11.5. The van der Waals surface area contributed by atoms with Crippen molar-refractivity contribution in [3.05, 3.63) is 59.5 Å². The molecule has 0 aliphatic carbocycles. The van der Waals surface area contributed by atoms with Crippen molar-refractivity contribution in [1.82, 2.24) is 4.98 Å². The molecule has 4 N–H and O–H groups in total. The first kappa shape index (κ1) is 13.2. The molecule has 0 unspecified atom stereocenters. The summed E-state index contributed by atoms with van der Waals surface area (Å²) in [4.78, 5) is 15.2. The predicted octanol–water partition coefficient (Wildman–Crippen LogP) is 3.45. The third-order valence-corrected chi connectivity index (χ3v) is 3.19. The first-order valence-electron chi connectivity index (χ1n) is 6.48. The van der Waals surface area contributed by atoms with Crippen LogP contribution in [0.2, 0.25) is 0 Å². The zero-order valence-electron chi connectivity index (χ0n) is 11.4. The Morgan fingerprint density at radius 1 is 1.19 bits per heavy atom. The van der Waals surface area contributed by atoms with Gasteiger partial charge in [-0.15, -0.1) is 0 Å². The zero-order chi connectivity index (χ0) is 15.0. The maximum atomic E-state index is 13.3. The Hall–Kier alpha value is -2.82. The van der Waals surface area contributed by atoms with Crippen molar-refractivity contribution >= 4 is 28.2 Å². The van der Waals surface area contributed by atoms with Gasteiger partial charge in [0.15, 0.2) is 0 Å². The van der Waals surface area contributed by atoms with Gasteiger partial charge >= 0.3 is 0 Å². The number of aromatic nitrogens is 1. The van der Waals surface area contributed by atoms with E-state index in [0.717, 1.165) is 16.5 Å². The summed E-state index contributed by atoms with van der Waals surface area (Å²) in [6.45, 7) is 1.77. The van der Waals surface area contributed by atoms with Crippen molar-refractivity contribution < 1.29 is 9.18 Å². The summed E-state index contributed by atoms with van der Waals surface area (Å²) in [6.07, 6.45) is 0. The standard InChI is InChI=1S/C16H14FN3O/c1-9-4-11(17)8-13(5-9)19-16(21)15-7-10-6-12(18)2-3-14(10)20-15/h2-8,20H,18H2,1H3,(H,19,21). The van der Waals surface area contributed by atoms with E-state index in [1.807, 2.05) is 6.07 Å². The molecule has 0 fully saturated rings. The molecule has 4 nitrogen and oxygen atoms in total. The van der Waals surface area contributed by atoms with Gasteiger partial charge in [-0.2, -0.15) is 0 Å². The largest absolute Gasteiger partial charge is 0.399 e. The van der Waals surface area contributed by atoms with Gasteiger partial charge in [0, 0.05) is 22.3 Å². The molecule has 0 spiro atoms. The number of nitrogens with two attached hydrogens (primary N) is 1. The lowest BCUT2D eigenvalue weighted by Crippen LogP contribution is -2.12. The smallest absolute Gasteiger partial charge is 0.272 e. The highest BCUT2D eigenvalue weighted by Gasteiger charge is 2.10. The summed E-state index contributed by atoms with van der Waals surface area (Å²) in [5, 5.41) is 3.53. The molecule has 2 aromatic carbocycles. The fourth-order valence-corrected chi connectivity index (χ4v) is 2.28. The first-order chi connectivity index (χ1) is 10.0. The molecule has 106 valence electrons. The Balaban J connectivity index is 1.89. The van der Waals surface area contributed by atoms with E-state index in [0.29, 0.717) is 17.1 Å². The molecule has 5 heteroatoms. The van der Waals surface area contributed by atoms with E-state index in [2.05, 4.69) is 10.3 Å². The number of benzene rings is 2. The topological polar surface area (TPSA) is 70.9 Å². The Labute approximate surface area is 120 Å². The number of nitrogens with one attached hydrogen (secondary N) is 2. The molecule has 21 heavy (non-hydrogen) atoms.